The van der Waals surface area contributed by atoms with Crippen LogP contribution < -0.4 is 16.0 Å². The Morgan fingerprint density at radius 2 is 1.65 bits per heavy atom. The number of nitrogens with zero attached hydrogens (tertiary/aromatic N) is 2. The molecule has 0 fully saturated rings. The van der Waals surface area contributed by atoms with E-state index in [0.717, 1.165) is 45.3 Å². The van der Waals surface area contributed by atoms with Crippen LogP contribution in [0.3, 0.4) is 0 Å². The smallest absolute Gasteiger partial charge is 0.411 e. The number of benzene rings is 3. The summed E-state index contributed by atoms with van der Waals surface area (Å²) in [4.78, 5) is 32.1. The summed E-state index contributed by atoms with van der Waals surface area (Å²) >= 11 is 0. The van der Waals surface area contributed by atoms with Gasteiger partial charge in [0.15, 0.2) is 0 Å². The van der Waals surface area contributed by atoms with Gasteiger partial charge in [-0.2, -0.15) is 0 Å². The minimum atomic E-state index is -0.501. The van der Waals surface area contributed by atoms with E-state index in [4.69, 9.17) is 9.72 Å². The van der Waals surface area contributed by atoms with Crippen LogP contribution in [0.15, 0.2) is 54.6 Å². The SMILES string of the molecule is CCOC(=O)Nc1cc(C)cc(Nc2c3cccc(C)c3nc3c(C(=O)NCCN(C)C)cccc23)c1. The predicted molar refractivity (Wildman–Crippen MR) is 150 cm³/mol. The van der Waals surface area contributed by atoms with Crippen molar-refractivity contribution < 1.29 is 14.3 Å². The highest BCUT2D eigenvalue weighted by Crippen LogP contribution is 2.36. The number of rotatable bonds is 8. The van der Waals surface area contributed by atoms with Crippen molar-refractivity contribution in [1.82, 2.24) is 15.2 Å². The molecule has 2 amide bonds. The Morgan fingerprint density at radius 3 is 2.38 bits per heavy atom. The summed E-state index contributed by atoms with van der Waals surface area (Å²) in [5.74, 6) is -0.157. The largest absolute Gasteiger partial charge is 0.450 e. The summed E-state index contributed by atoms with van der Waals surface area (Å²) in [5, 5.41) is 11.1. The molecule has 0 bridgehead atoms. The van der Waals surface area contributed by atoms with E-state index in [1.165, 1.54) is 0 Å². The molecule has 3 N–H and O–H groups in total. The van der Waals surface area contributed by atoms with E-state index in [1.54, 1.807) is 6.92 Å². The summed E-state index contributed by atoms with van der Waals surface area (Å²) in [7, 11) is 3.94. The summed E-state index contributed by atoms with van der Waals surface area (Å²) in [5.41, 5.74) is 6.23. The Labute approximate surface area is 217 Å². The molecule has 0 saturated carbocycles. The number of nitrogens with one attached hydrogen (secondary N) is 3. The van der Waals surface area contributed by atoms with E-state index in [9.17, 15) is 9.59 Å². The number of amides is 2. The second kappa shape index (κ2) is 11.3. The number of hydrogen-bond donors (Lipinski definition) is 3. The van der Waals surface area contributed by atoms with Crippen LogP contribution in [-0.2, 0) is 4.74 Å². The van der Waals surface area contributed by atoms with Gasteiger partial charge in [-0.15, -0.1) is 0 Å². The lowest BCUT2D eigenvalue weighted by Gasteiger charge is -2.17. The van der Waals surface area contributed by atoms with Crippen molar-refractivity contribution in [3.05, 3.63) is 71.3 Å². The Hall–Kier alpha value is -4.17. The molecule has 8 nitrogen and oxygen atoms in total. The number of pyridine rings is 1. The van der Waals surface area contributed by atoms with Gasteiger partial charge in [-0.3, -0.25) is 10.1 Å². The van der Waals surface area contributed by atoms with Crippen LogP contribution >= 0.6 is 0 Å². The van der Waals surface area contributed by atoms with Gasteiger partial charge in [0.05, 0.1) is 28.9 Å². The zero-order valence-corrected chi connectivity index (χ0v) is 21.9. The summed E-state index contributed by atoms with van der Waals surface area (Å²) in [6.07, 6.45) is -0.501. The highest BCUT2D eigenvalue weighted by Gasteiger charge is 2.17. The maximum atomic E-state index is 13.1. The number of para-hydroxylation sites is 2. The van der Waals surface area contributed by atoms with Crippen LogP contribution in [0, 0.1) is 13.8 Å². The van der Waals surface area contributed by atoms with Gasteiger partial charge in [0.1, 0.15) is 0 Å². The fraction of sp³-hybridized carbons (Fsp3) is 0.276. The first-order chi connectivity index (χ1) is 17.8. The molecule has 8 heteroatoms. The molecule has 0 aliphatic rings. The normalized spacial score (nSPS) is 11.1. The molecule has 0 aliphatic carbocycles. The zero-order valence-electron chi connectivity index (χ0n) is 21.9. The van der Waals surface area contributed by atoms with Gasteiger partial charge in [-0.25, -0.2) is 9.78 Å². The van der Waals surface area contributed by atoms with Crippen LogP contribution in [0.25, 0.3) is 21.8 Å². The lowest BCUT2D eigenvalue weighted by molar-refractivity contribution is 0.0952. The van der Waals surface area contributed by atoms with Crippen LogP contribution in [-0.4, -0.2) is 55.7 Å². The lowest BCUT2D eigenvalue weighted by Crippen LogP contribution is -2.31. The van der Waals surface area contributed by atoms with Gasteiger partial charge < -0.3 is 20.3 Å². The van der Waals surface area contributed by atoms with Gasteiger partial charge in [0.25, 0.3) is 5.91 Å². The number of likely N-dealkylation sites (N-methyl/N-ethyl adjacent to an activating group) is 1. The van der Waals surface area contributed by atoms with Crippen molar-refractivity contribution in [1.29, 1.82) is 0 Å². The third-order valence-electron chi connectivity index (χ3n) is 5.99. The molecular formula is C29H33N5O3. The highest BCUT2D eigenvalue weighted by atomic mass is 16.5. The van der Waals surface area contributed by atoms with Gasteiger partial charge in [-0.1, -0.05) is 30.3 Å². The topological polar surface area (TPSA) is 95.6 Å². The molecule has 4 rings (SSSR count). The maximum Gasteiger partial charge on any atom is 0.411 e. The van der Waals surface area contributed by atoms with Crippen molar-refractivity contribution in [2.75, 3.05) is 44.4 Å². The van der Waals surface area contributed by atoms with Gasteiger partial charge in [-0.05, 0) is 70.3 Å². The molecule has 0 radical (unpaired) electrons. The monoisotopic (exact) mass is 499 g/mol. The summed E-state index contributed by atoms with van der Waals surface area (Å²) in [6.45, 7) is 7.32. The first kappa shape index (κ1) is 25.9. The van der Waals surface area contributed by atoms with E-state index in [1.807, 2.05) is 87.4 Å². The third kappa shape index (κ3) is 5.98. The number of fused-ring (bicyclic) bond motifs is 2. The first-order valence-electron chi connectivity index (χ1n) is 12.3. The molecule has 37 heavy (non-hydrogen) atoms. The number of carbonyl (C=O) groups excluding carboxylic acids is 2. The highest BCUT2D eigenvalue weighted by molar-refractivity contribution is 6.15. The van der Waals surface area contributed by atoms with E-state index in [2.05, 4.69) is 16.0 Å². The average Bonchev–Trinajstić information content (AvgIpc) is 2.83. The maximum absolute atomic E-state index is 13.1. The average molecular weight is 500 g/mol. The van der Waals surface area contributed by atoms with Crippen LogP contribution in [0.4, 0.5) is 21.9 Å². The molecule has 3 aromatic carbocycles. The van der Waals surface area contributed by atoms with E-state index < -0.39 is 6.09 Å². The van der Waals surface area contributed by atoms with Gasteiger partial charge in [0.2, 0.25) is 0 Å². The number of ether oxygens (including phenoxy) is 1. The van der Waals surface area contributed by atoms with Crippen molar-refractivity contribution >= 4 is 50.9 Å². The first-order valence-corrected chi connectivity index (χ1v) is 12.3. The number of anilines is 3. The molecule has 1 heterocycles. The number of carbonyl (C=O) groups is 2. The van der Waals surface area contributed by atoms with Gasteiger partial charge >= 0.3 is 6.09 Å². The molecule has 0 atom stereocenters. The molecule has 0 aliphatic heterocycles. The van der Waals surface area contributed by atoms with Crippen molar-refractivity contribution in [3.8, 4) is 0 Å². The molecule has 0 saturated heterocycles. The van der Waals surface area contributed by atoms with Crippen LogP contribution in [0.5, 0.6) is 0 Å². The standard InChI is InChI=1S/C29H33N5O3/c1-6-37-29(36)32-21-16-18(2)15-20(17-21)31-26-22-10-7-9-19(3)25(22)33-27-23(26)11-8-12-24(27)28(35)30-13-14-34(4)5/h7-12,15-17H,6,13-14H2,1-5H3,(H,30,35)(H,31,33)(H,32,36). The second-order valence-corrected chi connectivity index (χ2v) is 9.28. The second-order valence-electron chi connectivity index (χ2n) is 9.28. The number of hydrogen-bond acceptors (Lipinski definition) is 6. The Bertz CT molecular complexity index is 1470. The third-order valence-corrected chi connectivity index (χ3v) is 5.99. The molecule has 4 aromatic rings. The Morgan fingerprint density at radius 1 is 0.946 bits per heavy atom. The molecule has 0 unspecified atom stereocenters. The Balaban J connectivity index is 1.81. The van der Waals surface area contributed by atoms with Crippen molar-refractivity contribution in [2.24, 2.45) is 0 Å². The van der Waals surface area contributed by atoms with E-state index >= 15 is 0 Å². The van der Waals surface area contributed by atoms with E-state index in [0.29, 0.717) is 29.9 Å². The summed E-state index contributed by atoms with van der Waals surface area (Å²) < 4.78 is 5.03. The minimum absolute atomic E-state index is 0.157. The molecular weight excluding hydrogens is 466 g/mol. The van der Waals surface area contributed by atoms with E-state index in [-0.39, 0.29) is 5.91 Å². The van der Waals surface area contributed by atoms with Crippen LogP contribution in [0.2, 0.25) is 0 Å². The van der Waals surface area contributed by atoms with Gasteiger partial charge in [0, 0.05) is 35.2 Å². The Kier molecular flexibility index (Phi) is 7.89. The summed E-state index contributed by atoms with van der Waals surface area (Å²) in [6, 6.07) is 17.4. The molecule has 192 valence electrons. The molecule has 0 spiro atoms. The fourth-order valence-corrected chi connectivity index (χ4v) is 4.29. The quantitative estimate of drug-likeness (QED) is 0.273. The zero-order chi connectivity index (χ0) is 26.5. The van der Waals surface area contributed by atoms with Crippen molar-refractivity contribution in [2.45, 2.75) is 20.8 Å². The molecule has 1 aromatic heterocycles. The van der Waals surface area contributed by atoms with Crippen molar-refractivity contribution in [3.63, 3.8) is 0 Å². The number of aromatic nitrogens is 1. The lowest BCUT2D eigenvalue weighted by atomic mass is 10.0. The number of aryl methyl sites for hydroxylation is 2. The fourth-order valence-electron chi connectivity index (χ4n) is 4.29. The van der Waals surface area contributed by atoms with Crippen LogP contribution in [0.1, 0.15) is 28.4 Å². The predicted octanol–water partition coefficient (Wildman–Crippen LogP) is 5.61. The minimum Gasteiger partial charge on any atom is -0.450 e.